The molecule has 0 radical (unpaired) electrons. The van der Waals surface area contributed by atoms with Crippen LogP contribution in [0.1, 0.15) is 19.8 Å². The number of nitrogens with zero attached hydrogens (tertiary/aromatic N) is 3. The fraction of sp³-hybridized carbons (Fsp3) is 0.769. The van der Waals surface area contributed by atoms with Crippen LogP contribution < -0.4 is 5.32 Å². The SMILES string of the molecule is CCSc1nnc(NC(=O)CN2CCC[C@H](COC)C2)s1. The Morgan fingerprint density at radius 1 is 1.57 bits per heavy atom. The highest BCUT2D eigenvalue weighted by Gasteiger charge is 2.21. The summed E-state index contributed by atoms with van der Waals surface area (Å²) >= 11 is 3.06. The van der Waals surface area contributed by atoms with Crippen molar-refractivity contribution < 1.29 is 9.53 Å². The van der Waals surface area contributed by atoms with E-state index < -0.39 is 0 Å². The molecule has 118 valence electrons. The minimum absolute atomic E-state index is 0.0164. The summed E-state index contributed by atoms with van der Waals surface area (Å²) in [5.74, 6) is 1.47. The van der Waals surface area contributed by atoms with Gasteiger partial charge in [0.25, 0.3) is 0 Å². The Morgan fingerprint density at radius 3 is 3.19 bits per heavy atom. The van der Waals surface area contributed by atoms with Gasteiger partial charge in [0.15, 0.2) is 4.34 Å². The van der Waals surface area contributed by atoms with Crippen LogP contribution >= 0.6 is 23.1 Å². The number of thioether (sulfide) groups is 1. The highest BCUT2D eigenvalue weighted by Crippen LogP contribution is 2.25. The summed E-state index contributed by atoms with van der Waals surface area (Å²) in [6, 6.07) is 0. The summed E-state index contributed by atoms with van der Waals surface area (Å²) in [7, 11) is 1.73. The topological polar surface area (TPSA) is 67.4 Å². The van der Waals surface area contributed by atoms with Crippen LogP contribution in [0, 0.1) is 5.92 Å². The molecule has 1 atom stereocenters. The summed E-state index contributed by atoms with van der Waals surface area (Å²) in [5.41, 5.74) is 0. The molecule has 1 amide bonds. The highest BCUT2D eigenvalue weighted by atomic mass is 32.2. The molecule has 21 heavy (non-hydrogen) atoms. The van der Waals surface area contributed by atoms with Crippen molar-refractivity contribution in [3.63, 3.8) is 0 Å². The number of anilines is 1. The molecule has 1 aromatic heterocycles. The lowest BCUT2D eigenvalue weighted by molar-refractivity contribution is -0.117. The maximum atomic E-state index is 12.1. The van der Waals surface area contributed by atoms with Crippen molar-refractivity contribution in [3.8, 4) is 0 Å². The zero-order valence-electron chi connectivity index (χ0n) is 12.5. The molecule has 0 spiro atoms. The Bertz CT molecular complexity index is 453. The van der Waals surface area contributed by atoms with Crippen LogP contribution in [-0.2, 0) is 9.53 Å². The quantitative estimate of drug-likeness (QED) is 0.609. The van der Waals surface area contributed by atoms with Gasteiger partial charge in [-0.2, -0.15) is 0 Å². The van der Waals surface area contributed by atoms with Gasteiger partial charge in [0, 0.05) is 13.7 Å². The third kappa shape index (κ3) is 5.54. The largest absolute Gasteiger partial charge is 0.384 e. The third-order valence-corrected chi connectivity index (χ3v) is 5.15. The van der Waals surface area contributed by atoms with E-state index in [1.807, 2.05) is 0 Å². The second-order valence-corrected chi connectivity index (χ2v) is 7.54. The van der Waals surface area contributed by atoms with Gasteiger partial charge in [0.1, 0.15) is 0 Å². The number of carbonyl (C=O) groups excluding carboxylic acids is 1. The van der Waals surface area contributed by atoms with Crippen LogP contribution in [0.2, 0.25) is 0 Å². The number of nitrogens with one attached hydrogen (secondary N) is 1. The first-order chi connectivity index (χ1) is 10.2. The molecule has 2 heterocycles. The molecule has 1 aliphatic heterocycles. The summed E-state index contributed by atoms with van der Waals surface area (Å²) in [6.07, 6.45) is 2.30. The number of rotatable bonds is 7. The highest BCUT2D eigenvalue weighted by molar-refractivity contribution is 8.01. The van der Waals surface area contributed by atoms with Crippen molar-refractivity contribution in [3.05, 3.63) is 0 Å². The summed E-state index contributed by atoms with van der Waals surface area (Å²) in [4.78, 5) is 14.2. The number of methoxy groups -OCH3 is 1. The van der Waals surface area contributed by atoms with E-state index in [9.17, 15) is 4.79 Å². The van der Waals surface area contributed by atoms with E-state index in [-0.39, 0.29) is 5.91 Å². The lowest BCUT2D eigenvalue weighted by Crippen LogP contribution is -2.41. The lowest BCUT2D eigenvalue weighted by Gasteiger charge is -2.31. The van der Waals surface area contributed by atoms with Gasteiger partial charge < -0.3 is 4.74 Å². The fourth-order valence-electron chi connectivity index (χ4n) is 2.47. The number of piperidine rings is 1. The van der Waals surface area contributed by atoms with E-state index in [4.69, 9.17) is 4.74 Å². The van der Waals surface area contributed by atoms with Crippen molar-refractivity contribution in [2.45, 2.75) is 24.1 Å². The van der Waals surface area contributed by atoms with E-state index in [1.54, 1.807) is 18.9 Å². The molecule has 0 aliphatic carbocycles. The van der Waals surface area contributed by atoms with Gasteiger partial charge in [0.2, 0.25) is 11.0 Å². The smallest absolute Gasteiger partial charge is 0.240 e. The van der Waals surface area contributed by atoms with E-state index in [0.29, 0.717) is 17.6 Å². The van der Waals surface area contributed by atoms with Gasteiger partial charge in [-0.15, -0.1) is 10.2 Å². The molecule has 1 aromatic rings. The molecule has 1 saturated heterocycles. The first-order valence-electron chi connectivity index (χ1n) is 7.18. The van der Waals surface area contributed by atoms with Gasteiger partial charge in [-0.25, -0.2) is 0 Å². The molecule has 2 rings (SSSR count). The van der Waals surface area contributed by atoms with E-state index in [2.05, 4.69) is 27.3 Å². The molecular weight excluding hydrogens is 308 g/mol. The first kappa shape index (κ1) is 16.7. The number of hydrogen-bond acceptors (Lipinski definition) is 7. The predicted octanol–water partition coefficient (Wildman–Crippen LogP) is 1.95. The summed E-state index contributed by atoms with van der Waals surface area (Å²) < 4.78 is 6.10. The monoisotopic (exact) mass is 330 g/mol. The zero-order valence-corrected chi connectivity index (χ0v) is 14.1. The molecule has 0 saturated carbocycles. The number of amides is 1. The molecule has 1 N–H and O–H groups in total. The minimum atomic E-state index is -0.0164. The number of likely N-dealkylation sites (tertiary alicyclic amines) is 1. The van der Waals surface area contributed by atoms with Crippen molar-refractivity contribution >= 4 is 34.1 Å². The molecule has 8 heteroatoms. The number of carbonyl (C=O) groups is 1. The molecule has 0 unspecified atom stereocenters. The standard InChI is InChI=1S/C13H22N4O2S2/c1-3-20-13-16-15-12(21-13)14-11(18)8-17-6-4-5-10(7-17)9-19-2/h10H,3-9H2,1-2H3,(H,14,15,18)/t10-/m0/s1. The normalized spacial score (nSPS) is 19.6. The Morgan fingerprint density at radius 2 is 2.43 bits per heavy atom. The van der Waals surface area contributed by atoms with Crippen LogP contribution in [0.5, 0.6) is 0 Å². The maximum Gasteiger partial charge on any atom is 0.240 e. The summed E-state index contributed by atoms with van der Waals surface area (Å²) in [6.45, 7) is 5.15. The molecular formula is C13H22N4O2S2. The Hall–Kier alpha value is -0.700. The molecule has 0 aromatic carbocycles. The van der Waals surface area contributed by atoms with Gasteiger partial charge in [-0.3, -0.25) is 15.0 Å². The molecule has 6 nitrogen and oxygen atoms in total. The van der Waals surface area contributed by atoms with E-state index in [1.165, 1.54) is 17.8 Å². The van der Waals surface area contributed by atoms with Crippen LogP contribution in [0.3, 0.4) is 0 Å². The number of aromatic nitrogens is 2. The average Bonchev–Trinajstić information content (AvgIpc) is 2.87. The van der Waals surface area contributed by atoms with Crippen molar-refractivity contribution in [1.82, 2.24) is 15.1 Å². The average molecular weight is 330 g/mol. The maximum absolute atomic E-state index is 12.1. The fourth-order valence-corrected chi connectivity index (χ4v) is 4.14. The van der Waals surface area contributed by atoms with Gasteiger partial charge in [-0.05, 0) is 31.1 Å². The van der Waals surface area contributed by atoms with Gasteiger partial charge in [0.05, 0.1) is 13.2 Å². The van der Waals surface area contributed by atoms with Crippen molar-refractivity contribution in [2.75, 3.05) is 44.4 Å². The van der Waals surface area contributed by atoms with E-state index in [0.717, 1.165) is 36.2 Å². The van der Waals surface area contributed by atoms with Crippen LogP contribution in [0.4, 0.5) is 5.13 Å². The second kappa shape index (κ2) is 8.67. The minimum Gasteiger partial charge on any atom is -0.384 e. The molecule has 1 aliphatic rings. The summed E-state index contributed by atoms with van der Waals surface area (Å²) in [5, 5.41) is 11.4. The Kier molecular flexibility index (Phi) is 6.88. The van der Waals surface area contributed by atoms with Crippen LogP contribution in [-0.4, -0.2) is 60.1 Å². The third-order valence-electron chi connectivity index (χ3n) is 3.29. The number of hydrogen-bond donors (Lipinski definition) is 1. The first-order valence-corrected chi connectivity index (χ1v) is 8.99. The second-order valence-electron chi connectivity index (χ2n) is 5.05. The predicted molar refractivity (Wildman–Crippen MR) is 86.0 cm³/mol. The lowest BCUT2D eigenvalue weighted by atomic mass is 9.99. The molecule has 1 fully saturated rings. The van der Waals surface area contributed by atoms with Gasteiger partial charge >= 0.3 is 0 Å². The van der Waals surface area contributed by atoms with Crippen LogP contribution in [0.15, 0.2) is 4.34 Å². The van der Waals surface area contributed by atoms with Crippen LogP contribution in [0.25, 0.3) is 0 Å². The Labute approximate surface area is 133 Å². The van der Waals surface area contributed by atoms with Gasteiger partial charge in [-0.1, -0.05) is 30.0 Å². The van der Waals surface area contributed by atoms with Crippen molar-refractivity contribution in [1.29, 1.82) is 0 Å². The Balaban J connectivity index is 1.77. The van der Waals surface area contributed by atoms with Crippen molar-refractivity contribution in [2.24, 2.45) is 5.92 Å². The zero-order chi connectivity index (χ0) is 15.1. The number of ether oxygens (including phenoxy) is 1. The molecule has 0 bridgehead atoms. The van der Waals surface area contributed by atoms with E-state index >= 15 is 0 Å².